The van der Waals surface area contributed by atoms with Gasteiger partial charge in [-0.1, -0.05) is 0 Å². The van der Waals surface area contributed by atoms with Crippen molar-refractivity contribution in [3.05, 3.63) is 0 Å². The molecule has 2 saturated carbocycles. The maximum absolute atomic E-state index is 5.83. The average Bonchev–Trinajstić information content (AvgIpc) is 2.21. The van der Waals surface area contributed by atoms with Crippen molar-refractivity contribution < 1.29 is 0 Å². The van der Waals surface area contributed by atoms with Gasteiger partial charge in [0.1, 0.15) is 0 Å². The normalized spacial score (nSPS) is 53.4. The van der Waals surface area contributed by atoms with Crippen LogP contribution in [0, 0.1) is 11.8 Å². The molecule has 0 spiro atoms. The number of hydrogen-bond acceptors (Lipinski definition) is 2. The molecule has 2 nitrogen and oxygen atoms in total. The Bertz CT molecular complexity index is 107. The smallest absolute Gasteiger partial charge is 0.00443 e. The molecule has 0 heterocycles. The fourth-order valence-electron chi connectivity index (χ4n) is 2.71. The summed E-state index contributed by atoms with van der Waals surface area (Å²) >= 11 is 0. The highest BCUT2D eigenvalue weighted by atomic mass is 14.7. The second kappa shape index (κ2) is 2.21. The highest BCUT2D eigenvalue weighted by Gasteiger charge is 2.38. The summed E-state index contributed by atoms with van der Waals surface area (Å²) in [6.45, 7) is 0. The summed E-state index contributed by atoms with van der Waals surface area (Å²) in [4.78, 5) is 0. The lowest BCUT2D eigenvalue weighted by Gasteiger charge is -2.05. The minimum atomic E-state index is 0.488. The zero-order valence-corrected chi connectivity index (χ0v) is 6.29. The molecule has 0 radical (unpaired) electrons. The molecule has 2 fully saturated rings. The third kappa shape index (κ3) is 0.956. The Labute approximate surface area is 62.0 Å². The molecule has 0 aromatic heterocycles. The van der Waals surface area contributed by atoms with Crippen molar-refractivity contribution in [2.45, 2.75) is 37.8 Å². The van der Waals surface area contributed by atoms with E-state index in [1.54, 1.807) is 0 Å². The third-order valence-electron chi connectivity index (χ3n) is 3.09. The van der Waals surface area contributed by atoms with E-state index in [-0.39, 0.29) is 0 Å². The van der Waals surface area contributed by atoms with Gasteiger partial charge in [0.2, 0.25) is 0 Å². The molecule has 0 amide bonds. The van der Waals surface area contributed by atoms with E-state index in [9.17, 15) is 0 Å². The molecule has 0 atom stereocenters. The Morgan fingerprint density at radius 3 is 1.30 bits per heavy atom. The standard InChI is InChI=1S/C8H16N2/c9-7-1-5-2-8(10)4-6(5)3-7/h5-8H,1-4,9-10H2. The van der Waals surface area contributed by atoms with Crippen molar-refractivity contribution in [2.24, 2.45) is 23.3 Å². The van der Waals surface area contributed by atoms with Crippen LogP contribution < -0.4 is 11.5 Å². The SMILES string of the molecule is NC1CC2CC(N)CC2C1. The van der Waals surface area contributed by atoms with Crippen molar-refractivity contribution in [3.63, 3.8) is 0 Å². The van der Waals surface area contributed by atoms with E-state index in [1.165, 1.54) is 25.7 Å². The van der Waals surface area contributed by atoms with Crippen LogP contribution in [0.3, 0.4) is 0 Å². The molecule has 0 bridgehead atoms. The lowest BCUT2D eigenvalue weighted by molar-refractivity contribution is 0.457. The Morgan fingerprint density at radius 2 is 1.00 bits per heavy atom. The van der Waals surface area contributed by atoms with Gasteiger partial charge in [0.25, 0.3) is 0 Å². The fraction of sp³-hybridized carbons (Fsp3) is 1.00. The summed E-state index contributed by atoms with van der Waals surface area (Å²) in [6, 6.07) is 0.977. The maximum atomic E-state index is 5.83. The maximum Gasteiger partial charge on any atom is 0.00443 e. The Balaban J connectivity index is 2.00. The predicted molar refractivity (Wildman–Crippen MR) is 41.4 cm³/mol. The van der Waals surface area contributed by atoms with Crippen LogP contribution in [-0.4, -0.2) is 12.1 Å². The number of hydrogen-bond donors (Lipinski definition) is 2. The molecule has 0 unspecified atom stereocenters. The quantitative estimate of drug-likeness (QED) is 0.513. The van der Waals surface area contributed by atoms with Gasteiger partial charge in [0.05, 0.1) is 0 Å². The van der Waals surface area contributed by atoms with Gasteiger partial charge in [-0.15, -0.1) is 0 Å². The molecule has 2 aliphatic rings. The molecular formula is C8H16N2. The summed E-state index contributed by atoms with van der Waals surface area (Å²) in [5.41, 5.74) is 11.7. The minimum absolute atomic E-state index is 0.488. The van der Waals surface area contributed by atoms with Crippen molar-refractivity contribution in [1.29, 1.82) is 0 Å². The Hall–Kier alpha value is -0.0800. The third-order valence-corrected chi connectivity index (χ3v) is 3.09. The van der Waals surface area contributed by atoms with Gasteiger partial charge in [0, 0.05) is 12.1 Å². The van der Waals surface area contributed by atoms with E-state index in [1.807, 2.05) is 0 Å². The first kappa shape index (κ1) is 6.62. The van der Waals surface area contributed by atoms with Gasteiger partial charge >= 0.3 is 0 Å². The highest BCUT2D eigenvalue weighted by molar-refractivity contribution is 4.94. The monoisotopic (exact) mass is 140 g/mol. The molecule has 0 saturated heterocycles. The van der Waals surface area contributed by atoms with Crippen LogP contribution in [0.25, 0.3) is 0 Å². The van der Waals surface area contributed by atoms with E-state index in [0.717, 1.165) is 11.8 Å². The molecule has 0 aliphatic heterocycles. The molecule has 4 N–H and O–H groups in total. The molecule has 2 rings (SSSR count). The van der Waals surface area contributed by atoms with Crippen molar-refractivity contribution in [1.82, 2.24) is 0 Å². The Kier molecular flexibility index (Phi) is 1.46. The minimum Gasteiger partial charge on any atom is -0.328 e. The van der Waals surface area contributed by atoms with Crippen LogP contribution in [0.2, 0.25) is 0 Å². The fourth-order valence-corrected chi connectivity index (χ4v) is 2.71. The first-order valence-corrected chi connectivity index (χ1v) is 4.27. The second-order valence-electron chi connectivity index (χ2n) is 3.98. The van der Waals surface area contributed by atoms with Crippen LogP contribution in [0.1, 0.15) is 25.7 Å². The molecule has 0 aromatic carbocycles. The van der Waals surface area contributed by atoms with Crippen LogP contribution in [-0.2, 0) is 0 Å². The molecular weight excluding hydrogens is 124 g/mol. The predicted octanol–water partition coefficient (Wildman–Crippen LogP) is 0.461. The van der Waals surface area contributed by atoms with Gasteiger partial charge in [-0.25, -0.2) is 0 Å². The average molecular weight is 140 g/mol. The number of rotatable bonds is 0. The van der Waals surface area contributed by atoms with Crippen LogP contribution in [0.5, 0.6) is 0 Å². The zero-order chi connectivity index (χ0) is 7.14. The molecule has 58 valence electrons. The van der Waals surface area contributed by atoms with E-state index in [2.05, 4.69) is 0 Å². The van der Waals surface area contributed by atoms with Crippen molar-refractivity contribution >= 4 is 0 Å². The lowest BCUT2D eigenvalue weighted by Crippen LogP contribution is -2.20. The van der Waals surface area contributed by atoms with E-state index < -0.39 is 0 Å². The second-order valence-corrected chi connectivity index (χ2v) is 3.98. The summed E-state index contributed by atoms with van der Waals surface area (Å²) < 4.78 is 0. The summed E-state index contributed by atoms with van der Waals surface area (Å²) in [6.07, 6.45) is 4.94. The summed E-state index contributed by atoms with van der Waals surface area (Å²) in [5.74, 6) is 1.76. The van der Waals surface area contributed by atoms with E-state index in [4.69, 9.17) is 11.5 Å². The number of fused-ring (bicyclic) bond motifs is 1. The van der Waals surface area contributed by atoms with Crippen LogP contribution in [0.4, 0.5) is 0 Å². The van der Waals surface area contributed by atoms with Gasteiger partial charge in [0.15, 0.2) is 0 Å². The topological polar surface area (TPSA) is 52.0 Å². The van der Waals surface area contributed by atoms with Crippen molar-refractivity contribution in [3.8, 4) is 0 Å². The highest BCUT2D eigenvalue weighted by Crippen LogP contribution is 2.42. The first-order chi connectivity index (χ1) is 4.75. The van der Waals surface area contributed by atoms with Crippen LogP contribution >= 0.6 is 0 Å². The largest absolute Gasteiger partial charge is 0.328 e. The van der Waals surface area contributed by atoms with Crippen LogP contribution in [0.15, 0.2) is 0 Å². The first-order valence-electron chi connectivity index (χ1n) is 4.27. The van der Waals surface area contributed by atoms with Gasteiger partial charge in [-0.05, 0) is 37.5 Å². The van der Waals surface area contributed by atoms with Gasteiger partial charge in [-0.2, -0.15) is 0 Å². The molecule has 2 aliphatic carbocycles. The summed E-state index contributed by atoms with van der Waals surface area (Å²) in [7, 11) is 0. The molecule has 0 aromatic rings. The van der Waals surface area contributed by atoms with E-state index >= 15 is 0 Å². The number of nitrogens with two attached hydrogens (primary N) is 2. The van der Waals surface area contributed by atoms with Crippen molar-refractivity contribution in [2.75, 3.05) is 0 Å². The van der Waals surface area contributed by atoms with Gasteiger partial charge < -0.3 is 11.5 Å². The zero-order valence-electron chi connectivity index (χ0n) is 6.29. The molecule has 2 heteroatoms. The lowest BCUT2D eigenvalue weighted by atomic mass is 10.0. The van der Waals surface area contributed by atoms with E-state index in [0.29, 0.717) is 12.1 Å². The van der Waals surface area contributed by atoms with Gasteiger partial charge in [-0.3, -0.25) is 0 Å². The molecule has 10 heavy (non-hydrogen) atoms. The Morgan fingerprint density at radius 1 is 0.700 bits per heavy atom. The summed E-state index contributed by atoms with van der Waals surface area (Å²) in [5, 5.41) is 0.